The van der Waals surface area contributed by atoms with E-state index < -0.39 is 0 Å². The van der Waals surface area contributed by atoms with Crippen molar-refractivity contribution in [1.29, 1.82) is 0 Å². The second kappa shape index (κ2) is 42.6. The first-order valence-electron chi connectivity index (χ1n) is 14.8. The molecule has 2 amide bonds. The number of methoxy groups -OCH3 is 1. The van der Waals surface area contributed by atoms with Gasteiger partial charge in [-0.2, -0.15) is 0 Å². The molecule has 7 nitrogen and oxygen atoms in total. The number of amides is 2. The Balaban J connectivity index is -0.0000000820. The van der Waals surface area contributed by atoms with Gasteiger partial charge in [0.2, 0.25) is 11.8 Å². The molecule has 1 saturated heterocycles. The van der Waals surface area contributed by atoms with E-state index in [9.17, 15) is 9.59 Å². The molecule has 2 atom stereocenters. The highest BCUT2D eigenvalue weighted by molar-refractivity contribution is 5.89. The zero-order chi connectivity index (χ0) is 35.3. The average Bonchev–Trinajstić information content (AvgIpc) is 3.71. The Hall–Kier alpha value is -2.87. The van der Waals surface area contributed by atoms with Crippen molar-refractivity contribution in [3.63, 3.8) is 0 Å². The molecule has 2 aliphatic rings. The maximum atomic E-state index is 12.0. The van der Waals surface area contributed by atoms with Crippen LogP contribution in [0.15, 0.2) is 24.8 Å². The van der Waals surface area contributed by atoms with Crippen LogP contribution in [0, 0.1) is 37.5 Å². The van der Waals surface area contributed by atoms with Crippen LogP contribution < -0.4 is 10.6 Å². The van der Waals surface area contributed by atoms with Crippen LogP contribution in [0.25, 0.3) is 0 Å². The molecular formula is C35H69N3O4. The lowest BCUT2D eigenvalue weighted by Crippen LogP contribution is -2.48. The van der Waals surface area contributed by atoms with Gasteiger partial charge < -0.3 is 25.1 Å². The lowest BCUT2D eigenvalue weighted by Gasteiger charge is -2.23. The number of nitrogens with one attached hydrogen (secondary N) is 2. The molecule has 0 bridgehead atoms. The number of carbonyl (C=O) groups excluding carboxylic acids is 3. The lowest BCUT2D eigenvalue weighted by molar-refractivity contribution is -0.137. The van der Waals surface area contributed by atoms with Crippen molar-refractivity contribution in [1.82, 2.24) is 15.5 Å². The molecule has 1 saturated carbocycles. The molecule has 0 aromatic rings. The van der Waals surface area contributed by atoms with E-state index in [2.05, 4.69) is 70.6 Å². The molecule has 0 aromatic heterocycles. The number of ether oxygens (including phenoxy) is 1. The number of likely N-dealkylation sites (tertiary alicyclic amines) is 1. The van der Waals surface area contributed by atoms with Gasteiger partial charge in [0.25, 0.3) is 0 Å². The largest absolute Gasteiger partial charge is 0.379 e. The molecular weight excluding hydrogens is 526 g/mol. The summed E-state index contributed by atoms with van der Waals surface area (Å²) in [4.78, 5) is 33.6. The Morgan fingerprint density at radius 2 is 1.40 bits per heavy atom. The monoisotopic (exact) mass is 596 g/mol. The van der Waals surface area contributed by atoms with Crippen molar-refractivity contribution < 1.29 is 19.1 Å². The number of hydrogen-bond acceptors (Lipinski definition) is 5. The van der Waals surface area contributed by atoms with Gasteiger partial charge in [-0.3, -0.25) is 9.59 Å². The lowest BCUT2D eigenvalue weighted by atomic mass is 10.1. The van der Waals surface area contributed by atoms with Crippen molar-refractivity contribution >= 4 is 18.6 Å². The molecule has 2 N–H and O–H groups in total. The third-order valence-corrected chi connectivity index (χ3v) is 4.33. The van der Waals surface area contributed by atoms with E-state index in [4.69, 9.17) is 9.53 Å². The first-order valence-corrected chi connectivity index (χ1v) is 14.8. The number of rotatable bonds is 5. The summed E-state index contributed by atoms with van der Waals surface area (Å²) in [5.41, 5.74) is 0.0417. The van der Waals surface area contributed by atoms with Crippen LogP contribution in [0.2, 0.25) is 0 Å². The van der Waals surface area contributed by atoms with Gasteiger partial charge in [-0.25, -0.2) is 0 Å². The van der Waals surface area contributed by atoms with Gasteiger partial charge in [0.05, 0.1) is 12.1 Å². The van der Waals surface area contributed by atoms with Crippen molar-refractivity contribution in [3.05, 3.63) is 24.8 Å². The molecule has 0 radical (unpaired) electrons. The summed E-state index contributed by atoms with van der Waals surface area (Å²) >= 11 is 0. The Morgan fingerprint density at radius 3 is 1.64 bits per heavy atom. The highest BCUT2D eigenvalue weighted by Gasteiger charge is 2.38. The second-order valence-electron chi connectivity index (χ2n) is 10.0. The van der Waals surface area contributed by atoms with E-state index in [-0.39, 0.29) is 23.5 Å². The fraction of sp³-hybridized carbons (Fsp3) is 0.686. The predicted octanol–water partition coefficient (Wildman–Crippen LogP) is 6.93. The van der Waals surface area contributed by atoms with Crippen LogP contribution in [0.1, 0.15) is 102 Å². The van der Waals surface area contributed by atoms with E-state index in [1.54, 1.807) is 25.1 Å². The van der Waals surface area contributed by atoms with Gasteiger partial charge in [-0.15, -0.1) is 25.7 Å². The quantitative estimate of drug-likeness (QED) is 0.266. The smallest absolute Gasteiger partial charge is 0.243 e. The second-order valence-corrected chi connectivity index (χ2v) is 10.0. The van der Waals surface area contributed by atoms with E-state index in [0.29, 0.717) is 25.0 Å². The molecule has 2 rings (SSSR count). The van der Waals surface area contributed by atoms with Crippen LogP contribution in [-0.2, 0) is 19.1 Å². The zero-order valence-corrected chi connectivity index (χ0v) is 29.9. The van der Waals surface area contributed by atoms with Gasteiger partial charge >= 0.3 is 0 Å². The molecule has 1 aliphatic heterocycles. The van der Waals surface area contributed by atoms with Crippen LogP contribution in [0.3, 0.4) is 0 Å². The van der Waals surface area contributed by atoms with Crippen LogP contribution in [0.4, 0.5) is 0 Å². The third-order valence-electron chi connectivity index (χ3n) is 4.33. The Morgan fingerprint density at radius 1 is 1.02 bits per heavy atom. The molecule has 0 aromatic carbocycles. The van der Waals surface area contributed by atoms with Gasteiger partial charge in [0.15, 0.2) is 0 Å². The molecule has 0 unspecified atom stereocenters. The summed E-state index contributed by atoms with van der Waals surface area (Å²) in [7, 11) is 3.46. The number of terminal acetylenes is 2. The highest BCUT2D eigenvalue weighted by atomic mass is 16.5. The molecule has 1 heterocycles. The predicted molar refractivity (Wildman–Crippen MR) is 186 cm³/mol. The molecule has 248 valence electrons. The first kappa shape index (κ1) is 55.1. The number of hydrogen-bond donors (Lipinski definition) is 2. The van der Waals surface area contributed by atoms with Crippen molar-refractivity contribution in [2.75, 3.05) is 27.2 Å². The molecule has 2 fully saturated rings. The summed E-state index contributed by atoms with van der Waals surface area (Å²) in [6.07, 6.45) is 24.5. The van der Waals surface area contributed by atoms with Gasteiger partial charge in [-0.05, 0) is 65.8 Å². The van der Waals surface area contributed by atoms with Crippen molar-refractivity contribution in [2.24, 2.45) is 11.8 Å². The number of allylic oxidation sites excluding steroid dienone is 3. The Kier molecular flexibility index (Phi) is 55.9. The maximum absolute atomic E-state index is 12.0. The van der Waals surface area contributed by atoms with Gasteiger partial charge in [0, 0.05) is 19.7 Å². The summed E-state index contributed by atoms with van der Waals surface area (Å²) in [5.74, 6) is 1.29. The first-order chi connectivity index (χ1) is 19.8. The standard InChI is InChI=1S/C12H21N3O2.C5H12O.C5H8.C4H10.2C2H6.2C2H2.CH2O/c1-8-5-10(12(17)14-9-3-4-9)15(7-8)11(16)6-13-2;1-5(2,3)6-4;1-3-5-4-2;1-4(2)3;5*1-2/h8-10,13H,3-7H2,1-2H3,(H,14,17);1-4H3;3-5H,1H2,2H3;4H,1-3H3;2*1-2H3;2*1-2H;1H2/b;;5-4-;;;;;;/t8-,10-;;;;;;;;/m0......../s1. The topological polar surface area (TPSA) is 87.7 Å². The fourth-order valence-corrected chi connectivity index (χ4v) is 2.48. The Bertz CT molecular complexity index is 637. The SMILES string of the molecule is C#C.C#C.C=C/C=C\C.C=O.CC.CC.CC(C)C.CNCC(=O)N1C[C@@H](C)C[C@H]1C(=O)NC1CC1.COC(C)(C)C. The number of likely N-dealkylation sites (N-methyl/N-ethyl adjacent to an activating group) is 1. The van der Waals surface area contributed by atoms with Gasteiger partial charge in [-0.1, -0.05) is 80.2 Å². The van der Waals surface area contributed by atoms with E-state index in [1.165, 1.54) is 0 Å². The third kappa shape index (κ3) is 47.0. The summed E-state index contributed by atoms with van der Waals surface area (Å²) in [5, 5.41) is 5.84. The fourth-order valence-electron chi connectivity index (χ4n) is 2.48. The van der Waals surface area contributed by atoms with Crippen LogP contribution in [0.5, 0.6) is 0 Å². The van der Waals surface area contributed by atoms with Crippen LogP contribution in [-0.4, -0.2) is 68.4 Å². The summed E-state index contributed by atoms with van der Waals surface area (Å²) in [6, 6.07) is 0.103. The average molecular weight is 596 g/mol. The normalized spacial score (nSPS) is 15.5. The molecule has 0 spiro atoms. The minimum Gasteiger partial charge on any atom is -0.379 e. The highest BCUT2D eigenvalue weighted by Crippen LogP contribution is 2.25. The summed E-state index contributed by atoms with van der Waals surface area (Å²) in [6.45, 7) is 31.1. The van der Waals surface area contributed by atoms with Crippen molar-refractivity contribution in [3.8, 4) is 25.7 Å². The number of carbonyl (C=O) groups is 3. The van der Waals surface area contributed by atoms with Crippen LogP contribution >= 0.6 is 0 Å². The molecule has 1 aliphatic carbocycles. The molecule has 42 heavy (non-hydrogen) atoms. The van der Waals surface area contributed by atoms with Crippen molar-refractivity contribution in [2.45, 2.75) is 120 Å². The van der Waals surface area contributed by atoms with E-state index in [1.807, 2.05) is 74.3 Å². The minimum absolute atomic E-state index is 0.0211. The molecule has 7 heteroatoms. The van der Waals surface area contributed by atoms with Gasteiger partial charge in [0.1, 0.15) is 12.8 Å². The van der Waals surface area contributed by atoms with E-state index in [0.717, 1.165) is 25.2 Å². The Labute approximate surface area is 262 Å². The summed E-state index contributed by atoms with van der Waals surface area (Å²) < 4.78 is 4.94. The van der Waals surface area contributed by atoms with E-state index >= 15 is 0 Å². The maximum Gasteiger partial charge on any atom is 0.243 e. The zero-order valence-electron chi connectivity index (χ0n) is 29.9. The minimum atomic E-state index is -0.258. The number of nitrogens with zero attached hydrogens (tertiary/aromatic N) is 1.